The maximum Gasteiger partial charge on any atom is 0.314 e. The second-order valence-electron chi connectivity index (χ2n) is 5.43. The summed E-state index contributed by atoms with van der Waals surface area (Å²) in [5.74, 6) is 0. The zero-order chi connectivity index (χ0) is 15.1. The van der Waals surface area contributed by atoms with Crippen LogP contribution in [0.25, 0.3) is 0 Å². The highest BCUT2D eigenvalue weighted by Crippen LogP contribution is 2.23. The summed E-state index contributed by atoms with van der Waals surface area (Å²) in [6.45, 7) is 6.04. The van der Waals surface area contributed by atoms with Gasteiger partial charge < -0.3 is 15.7 Å². The first-order valence-corrected chi connectivity index (χ1v) is 8.54. The van der Waals surface area contributed by atoms with Gasteiger partial charge in [-0.1, -0.05) is 6.92 Å². The average Bonchev–Trinajstić information content (AvgIpc) is 2.94. The fourth-order valence-electron chi connectivity index (χ4n) is 2.44. The summed E-state index contributed by atoms with van der Waals surface area (Å²) >= 11 is 1.84. The highest BCUT2D eigenvalue weighted by atomic mass is 32.1. The van der Waals surface area contributed by atoms with Crippen molar-refractivity contribution in [2.24, 2.45) is 0 Å². The topological polar surface area (TPSA) is 64.6 Å². The van der Waals surface area contributed by atoms with Gasteiger partial charge in [-0.25, -0.2) is 4.79 Å². The first kappa shape index (κ1) is 16.3. The lowest BCUT2D eigenvalue weighted by atomic mass is 10.1. The minimum Gasteiger partial charge on any atom is -0.393 e. The van der Waals surface area contributed by atoms with Gasteiger partial charge in [0.05, 0.1) is 6.10 Å². The third-order valence-electron chi connectivity index (χ3n) is 3.83. The van der Waals surface area contributed by atoms with Crippen molar-refractivity contribution >= 4 is 17.4 Å². The molecule has 2 amide bonds. The Morgan fingerprint density at radius 1 is 1.48 bits per heavy atom. The van der Waals surface area contributed by atoms with Gasteiger partial charge in [-0.3, -0.25) is 4.90 Å². The number of nitrogens with zero attached hydrogens (tertiary/aromatic N) is 1. The minimum absolute atomic E-state index is 0.147. The van der Waals surface area contributed by atoms with E-state index in [2.05, 4.69) is 27.0 Å². The Labute approximate surface area is 130 Å². The molecule has 1 atom stereocenters. The van der Waals surface area contributed by atoms with Crippen LogP contribution < -0.4 is 10.6 Å². The fourth-order valence-corrected chi connectivity index (χ4v) is 3.33. The molecule has 0 saturated carbocycles. The van der Waals surface area contributed by atoms with E-state index in [1.807, 2.05) is 18.3 Å². The molecule has 0 radical (unpaired) electrons. The summed E-state index contributed by atoms with van der Waals surface area (Å²) in [5, 5.41) is 17.2. The minimum atomic E-state index is -0.321. The first-order valence-electron chi connectivity index (χ1n) is 7.66. The molecule has 1 unspecified atom stereocenters. The quantitative estimate of drug-likeness (QED) is 0.716. The highest BCUT2D eigenvalue weighted by Gasteiger charge is 2.16. The summed E-state index contributed by atoms with van der Waals surface area (Å²) in [6.07, 6.45) is 2.13. The van der Waals surface area contributed by atoms with Crippen molar-refractivity contribution in [3.8, 4) is 0 Å². The van der Waals surface area contributed by atoms with E-state index < -0.39 is 0 Å². The highest BCUT2D eigenvalue weighted by molar-refractivity contribution is 7.10. The molecule has 5 nitrogen and oxygen atoms in total. The predicted octanol–water partition coefficient (Wildman–Crippen LogP) is 1.57. The van der Waals surface area contributed by atoms with Gasteiger partial charge >= 0.3 is 6.03 Å². The van der Waals surface area contributed by atoms with Gasteiger partial charge in [0.15, 0.2) is 0 Å². The van der Waals surface area contributed by atoms with Crippen molar-refractivity contribution in [3.05, 3.63) is 21.9 Å². The van der Waals surface area contributed by atoms with Crippen molar-refractivity contribution in [1.82, 2.24) is 15.5 Å². The Balaban J connectivity index is 1.56. The molecule has 0 fully saturated rings. The Hall–Kier alpha value is -1.11. The fraction of sp³-hybridized carbons (Fsp3) is 0.667. The largest absolute Gasteiger partial charge is 0.393 e. The van der Waals surface area contributed by atoms with E-state index in [1.54, 1.807) is 0 Å². The summed E-state index contributed by atoms with van der Waals surface area (Å²) in [5.41, 5.74) is 1.43. The average molecular weight is 311 g/mol. The molecule has 0 bridgehead atoms. The van der Waals surface area contributed by atoms with Crippen LogP contribution in [-0.4, -0.2) is 48.3 Å². The number of amides is 2. The predicted molar refractivity (Wildman–Crippen MR) is 85.6 cm³/mol. The molecular formula is C15H25N3O2S. The van der Waals surface area contributed by atoms with Crippen molar-refractivity contribution in [1.29, 1.82) is 0 Å². The van der Waals surface area contributed by atoms with Crippen molar-refractivity contribution in [2.45, 2.75) is 38.8 Å². The molecule has 1 aromatic heterocycles. The molecule has 3 N–H and O–H groups in total. The smallest absolute Gasteiger partial charge is 0.314 e. The van der Waals surface area contributed by atoms with Gasteiger partial charge in [-0.05, 0) is 36.3 Å². The molecule has 1 aliphatic heterocycles. The van der Waals surface area contributed by atoms with Crippen LogP contribution >= 0.6 is 11.3 Å². The third-order valence-corrected chi connectivity index (χ3v) is 4.86. The summed E-state index contributed by atoms with van der Waals surface area (Å²) in [7, 11) is 0. The molecule has 2 rings (SSSR count). The number of fused-ring (bicyclic) bond motifs is 1. The number of thiophene rings is 1. The van der Waals surface area contributed by atoms with Crippen molar-refractivity contribution < 1.29 is 9.90 Å². The van der Waals surface area contributed by atoms with E-state index in [0.717, 1.165) is 32.5 Å². The van der Waals surface area contributed by atoms with Crippen molar-refractivity contribution in [3.63, 3.8) is 0 Å². The number of urea groups is 1. The molecular weight excluding hydrogens is 286 g/mol. The number of carbonyl (C=O) groups excluding carboxylic acids is 1. The normalized spacial score (nSPS) is 16.3. The van der Waals surface area contributed by atoms with E-state index in [1.165, 1.54) is 10.4 Å². The molecule has 0 spiro atoms. The zero-order valence-electron chi connectivity index (χ0n) is 12.6. The molecule has 0 saturated heterocycles. The van der Waals surface area contributed by atoms with E-state index >= 15 is 0 Å². The zero-order valence-corrected chi connectivity index (χ0v) is 13.4. The maximum absolute atomic E-state index is 11.6. The molecule has 0 aliphatic carbocycles. The van der Waals surface area contributed by atoms with E-state index in [-0.39, 0.29) is 12.1 Å². The molecule has 0 aromatic carbocycles. The Kier molecular flexibility index (Phi) is 6.48. The lowest BCUT2D eigenvalue weighted by Gasteiger charge is -2.26. The van der Waals surface area contributed by atoms with Crippen LogP contribution in [-0.2, 0) is 13.0 Å². The number of carbonyl (C=O) groups is 1. The van der Waals surface area contributed by atoms with Gasteiger partial charge in [0.1, 0.15) is 0 Å². The molecule has 1 aromatic rings. The van der Waals surface area contributed by atoms with Crippen molar-refractivity contribution in [2.75, 3.05) is 26.2 Å². The van der Waals surface area contributed by atoms with Crippen LogP contribution in [0.4, 0.5) is 4.79 Å². The third kappa shape index (κ3) is 5.30. The molecule has 118 valence electrons. The SMILES string of the molecule is CCC(O)CCNC(=O)NCCN1CCc2sccc2C1. The number of aliphatic hydroxyl groups is 1. The Morgan fingerprint density at radius 3 is 3.10 bits per heavy atom. The molecule has 2 heterocycles. The number of hydrogen-bond donors (Lipinski definition) is 3. The van der Waals surface area contributed by atoms with E-state index in [9.17, 15) is 9.90 Å². The number of hydrogen-bond acceptors (Lipinski definition) is 4. The standard InChI is InChI=1S/C15H25N3O2S/c1-2-13(19)3-6-16-15(20)17-7-9-18-8-4-14-12(11-18)5-10-21-14/h5,10,13,19H,2-4,6-9,11H2,1H3,(H2,16,17,20). The van der Waals surface area contributed by atoms with Gasteiger partial charge in [0.25, 0.3) is 0 Å². The number of nitrogens with one attached hydrogen (secondary N) is 2. The van der Waals surface area contributed by atoms with Gasteiger partial charge in [-0.15, -0.1) is 11.3 Å². The van der Waals surface area contributed by atoms with Crippen LogP contribution in [0.3, 0.4) is 0 Å². The van der Waals surface area contributed by atoms with E-state index in [0.29, 0.717) is 19.5 Å². The first-order chi connectivity index (χ1) is 10.2. The van der Waals surface area contributed by atoms with Crippen LogP contribution in [0.5, 0.6) is 0 Å². The lowest BCUT2D eigenvalue weighted by Crippen LogP contribution is -2.42. The van der Waals surface area contributed by atoms with Crippen LogP contribution in [0.15, 0.2) is 11.4 Å². The van der Waals surface area contributed by atoms with Gasteiger partial charge in [0, 0.05) is 37.6 Å². The maximum atomic E-state index is 11.6. The number of rotatable bonds is 7. The van der Waals surface area contributed by atoms with Crippen LogP contribution in [0, 0.1) is 0 Å². The van der Waals surface area contributed by atoms with Crippen LogP contribution in [0.1, 0.15) is 30.2 Å². The van der Waals surface area contributed by atoms with Gasteiger partial charge in [0.2, 0.25) is 0 Å². The summed E-state index contributed by atoms with van der Waals surface area (Å²) in [4.78, 5) is 15.5. The Bertz CT molecular complexity index is 450. The second kappa shape index (κ2) is 8.36. The van der Waals surface area contributed by atoms with Crippen LogP contribution in [0.2, 0.25) is 0 Å². The van der Waals surface area contributed by atoms with E-state index in [4.69, 9.17) is 0 Å². The Morgan fingerprint density at radius 2 is 2.29 bits per heavy atom. The monoisotopic (exact) mass is 311 g/mol. The number of aliphatic hydroxyl groups excluding tert-OH is 1. The van der Waals surface area contributed by atoms with Gasteiger partial charge in [-0.2, -0.15) is 0 Å². The molecule has 6 heteroatoms. The molecule has 1 aliphatic rings. The lowest BCUT2D eigenvalue weighted by molar-refractivity contribution is 0.160. The summed E-state index contributed by atoms with van der Waals surface area (Å²) < 4.78 is 0. The second-order valence-corrected chi connectivity index (χ2v) is 6.43. The molecule has 21 heavy (non-hydrogen) atoms. The summed E-state index contributed by atoms with van der Waals surface area (Å²) in [6, 6.07) is 2.05.